The molecule has 1 N–H and O–H groups in total. The summed E-state index contributed by atoms with van der Waals surface area (Å²) in [5.41, 5.74) is 4.09. The largest absolute Gasteiger partial charge is 0.349 e. The predicted octanol–water partition coefficient (Wildman–Crippen LogP) is 5.98. The summed E-state index contributed by atoms with van der Waals surface area (Å²) < 4.78 is 2.12. The number of likely N-dealkylation sites (tertiary alicyclic amines) is 1. The molecule has 1 amide bonds. The molecule has 0 unspecified atom stereocenters. The average molecular weight is 508 g/mol. The number of aromatic nitrogens is 3. The van der Waals surface area contributed by atoms with Gasteiger partial charge in [0, 0.05) is 41.0 Å². The first-order valence-corrected chi connectivity index (χ1v) is 14.2. The summed E-state index contributed by atoms with van der Waals surface area (Å²) in [6, 6.07) is 22.6. The highest BCUT2D eigenvalue weighted by Crippen LogP contribution is 2.31. The molecule has 2 aliphatic rings. The first-order chi connectivity index (χ1) is 18.7. The molecule has 3 heterocycles. The number of pyridine rings is 1. The van der Waals surface area contributed by atoms with Gasteiger partial charge in [0.05, 0.1) is 11.2 Å². The Bertz CT molecular complexity index is 1350. The Morgan fingerprint density at radius 3 is 2.47 bits per heavy atom. The minimum absolute atomic E-state index is 0.0310. The predicted molar refractivity (Wildman–Crippen MR) is 152 cm³/mol. The van der Waals surface area contributed by atoms with Gasteiger partial charge in [-0.1, -0.05) is 30.3 Å². The minimum Gasteiger partial charge on any atom is -0.349 e. The third kappa shape index (κ3) is 5.51. The third-order valence-electron chi connectivity index (χ3n) is 8.60. The van der Waals surface area contributed by atoms with Crippen molar-refractivity contribution in [2.24, 2.45) is 5.92 Å². The molecule has 0 bridgehead atoms. The van der Waals surface area contributed by atoms with Crippen LogP contribution in [0.4, 0.5) is 0 Å². The van der Waals surface area contributed by atoms with Crippen LogP contribution in [0.2, 0.25) is 0 Å². The fourth-order valence-electron chi connectivity index (χ4n) is 6.39. The van der Waals surface area contributed by atoms with Gasteiger partial charge in [0.1, 0.15) is 0 Å². The summed E-state index contributed by atoms with van der Waals surface area (Å²) in [5.74, 6) is 1.37. The molecule has 0 spiro atoms. The number of amides is 1. The van der Waals surface area contributed by atoms with Crippen LogP contribution in [-0.2, 0) is 0 Å². The normalized spacial score (nSPS) is 20.9. The zero-order chi connectivity index (χ0) is 25.7. The highest BCUT2D eigenvalue weighted by Gasteiger charge is 2.26. The molecule has 196 valence electrons. The van der Waals surface area contributed by atoms with Crippen LogP contribution in [0.25, 0.3) is 16.6 Å². The Hall–Kier alpha value is -3.51. The average Bonchev–Trinajstić information content (AvgIpc) is 3.47. The van der Waals surface area contributed by atoms with Crippen molar-refractivity contribution in [3.63, 3.8) is 0 Å². The molecule has 6 nitrogen and oxygen atoms in total. The molecule has 0 atom stereocenters. The summed E-state index contributed by atoms with van der Waals surface area (Å²) in [7, 11) is 0. The molecular weight excluding hydrogens is 470 g/mol. The molecule has 2 aromatic heterocycles. The van der Waals surface area contributed by atoms with Gasteiger partial charge in [0.15, 0.2) is 0 Å². The lowest BCUT2D eigenvalue weighted by atomic mass is 9.83. The van der Waals surface area contributed by atoms with E-state index in [1.54, 1.807) is 6.20 Å². The summed E-state index contributed by atoms with van der Waals surface area (Å²) >= 11 is 0. The smallest absolute Gasteiger partial charge is 0.252 e. The Balaban J connectivity index is 0.943. The molecular formula is C32H37N5O. The number of nitrogens with one attached hydrogen (secondary N) is 1. The van der Waals surface area contributed by atoms with Crippen LogP contribution in [0.5, 0.6) is 0 Å². The van der Waals surface area contributed by atoms with Gasteiger partial charge in [-0.05, 0) is 107 Å². The first kappa shape index (κ1) is 24.8. The molecule has 4 aromatic rings. The molecule has 2 fully saturated rings. The number of hydrogen-bond donors (Lipinski definition) is 1. The van der Waals surface area contributed by atoms with Gasteiger partial charge in [0.2, 0.25) is 0 Å². The van der Waals surface area contributed by atoms with Crippen molar-refractivity contribution in [2.45, 2.75) is 56.9 Å². The Kier molecular flexibility index (Phi) is 7.49. The van der Waals surface area contributed by atoms with E-state index in [-0.39, 0.29) is 11.9 Å². The fraction of sp³-hybridized carbons (Fsp3) is 0.406. The Morgan fingerprint density at radius 2 is 1.66 bits per heavy atom. The lowest BCUT2D eigenvalue weighted by molar-refractivity contribution is 0.0921. The van der Waals surface area contributed by atoms with E-state index in [0.29, 0.717) is 5.92 Å². The summed E-state index contributed by atoms with van der Waals surface area (Å²) in [4.78, 5) is 20.0. The molecule has 6 rings (SSSR count). The lowest BCUT2D eigenvalue weighted by Gasteiger charge is -2.34. The SMILES string of the molecule is O=C(NC1CCC(CCN2CCC(c3ccnn3-c3ccccc3)CC2)CC1)c1cccc2ncccc12. The van der Waals surface area contributed by atoms with E-state index in [0.717, 1.165) is 54.0 Å². The van der Waals surface area contributed by atoms with Crippen molar-refractivity contribution >= 4 is 16.8 Å². The molecule has 1 saturated carbocycles. The van der Waals surface area contributed by atoms with E-state index >= 15 is 0 Å². The number of fused-ring (bicyclic) bond motifs is 1. The zero-order valence-electron chi connectivity index (χ0n) is 22.0. The Morgan fingerprint density at radius 1 is 0.842 bits per heavy atom. The van der Waals surface area contributed by atoms with Crippen molar-refractivity contribution in [3.8, 4) is 5.69 Å². The van der Waals surface area contributed by atoms with E-state index < -0.39 is 0 Å². The molecule has 6 heteroatoms. The van der Waals surface area contributed by atoms with E-state index in [4.69, 9.17) is 0 Å². The second-order valence-electron chi connectivity index (χ2n) is 11.0. The molecule has 2 aromatic carbocycles. The monoisotopic (exact) mass is 507 g/mol. The number of benzene rings is 2. The summed E-state index contributed by atoms with van der Waals surface area (Å²) in [6.45, 7) is 3.52. The van der Waals surface area contributed by atoms with Gasteiger partial charge in [-0.2, -0.15) is 5.10 Å². The van der Waals surface area contributed by atoms with Crippen LogP contribution in [0.3, 0.4) is 0 Å². The number of carbonyl (C=O) groups is 1. The molecule has 1 saturated heterocycles. The van der Waals surface area contributed by atoms with Crippen LogP contribution in [0, 0.1) is 5.92 Å². The van der Waals surface area contributed by atoms with E-state index in [1.807, 2.05) is 36.5 Å². The fourth-order valence-corrected chi connectivity index (χ4v) is 6.39. The van der Waals surface area contributed by atoms with Gasteiger partial charge in [-0.3, -0.25) is 9.78 Å². The first-order valence-electron chi connectivity index (χ1n) is 14.2. The van der Waals surface area contributed by atoms with Gasteiger partial charge in [-0.25, -0.2) is 4.68 Å². The van der Waals surface area contributed by atoms with Crippen LogP contribution in [0.1, 0.15) is 66.9 Å². The maximum absolute atomic E-state index is 13.0. The van der Waals surface area contributed by atoms with Crippen molar-refractivity contribution in [1.82, 2.24) is 25.0 Å². The number of hydrogen-bond acceptors (Lipinski definition) is 4. The van der Waals surface area contributed by atoms with E-state index in [2.05, 4.69) is 61.4 Å². The van der Waals surface area contributed by atoms with Gasteiger partial charge in [0.25, 0.3) is 5.91 Å². The lowest BCUT2D eigenvalue weighted by Crippen LogP contribution is -2.39. The number of rotatable bonds is 7. The van der Waals surface area contributed by atoms with Crippen molar-refractivity contribution < 1.29 is 4.79 Å². The van der Waals surface area contributed by atoms with Gasteiger partial charge >= 0.3 is 0 Å². The molecule has 1 aliphatic carbocycles. The number of piperidine rings is 1. The van der Waals surface area contributed by atoms with Gasteiger partial charge < -0.3 is 10.2 Å². The standard InChI is InChI=1S/C32H37N5O/c38-32(29-8-4-10-30-28(29)9-5-19-33-30)35-26-13-11-24(12-14-26)16-21-36-22-17-25(18-23-36)31-15-20-34-37(31)27-6-2-1-3-7-27/h1-10,15,19-20,24-26H,11-14,16-18,21-23H2,(H,35,38). The molecule has 0 radical (unpaired) electrons. The summed E-state index contributed by atoms with van der Waals surface area (Å²) in [6.07, 6.45) is 11.9. The highest BCUT2D eigenvalue weighted by atomic mass is 16.1. The quantitative estimate of drug-likeness (QED) is 0.334. The highest BCUT2D eigenvalue weighted by molar-refractivity contribution is 6.06. The minimum atomic E-state index is 0.0310. The molecule has 38 heavy (non-hydrogen) atoms. The molecule has 1 aliphatic heterocycles. The van der Waals surface area contributed by atoms with Crippen LogP contribution < -0.4 is 5.32 Å². The van der Waals surface area contributed by atoms with E-state index in [9.17, 15) is 4.79 Å². The topological polar surface area (TPSA) is 63.1 Å². The van der Waals surface area contributed by atoms with Crippen LogP contribution in [-0.4, -0.2) is 51.2 Å². The van der Waals surface area contributed by atoms with Crippen molar-refractivity contribution in [2.75, 3.05) is 19.6 Å². The van der Waals surface area contributed by atoms with Gasteiger partial charge in [-0.15, -0.1) is 0 Å². The summed E-state index contributed by atoms with van der Waals surface area (Å²) in [5, 5.41) is 8.84. The maximum atomic E-state index is 13.0. The second-order valence-corrected chi connectivity index (χ2v) is 11.0. The van der Waals surface area contributed by atoms with Crippen molar-refractivity contribution in [3.05, 3.63) is 90.4 Å². The maximum Gasteiger partial charge on any atom is 0.252 e. The Labute approximate surface area is 225 Å². The number of nitrogens with zero attached hydrogens (tertiary/aromatic N) is 4. The number of carbonyl (C=O) groups excluding carboxylic acids is 1. The zero-order valence-corrected chi connectivity index (χ0v) is 22.0. The van der Waals surface area contributed by atoms with Crippen LogP contribution in [0.15, 0.2) is 79.1 Å². The number of para-hydroxylation sites is 1. The van der Waals surface area contributed by atoms with E-state index in [1.165, 1.54) is 44.3 Å². The van der Waals surface area contributed by atoms with Crippen LogP contribution >= 0.6 is 0 Å². The second kappa shape index (κ2) is 11.5. The third-order valence-corrected chi connectivity index (χ3v) is 8.60. The van der Waals surface area contributed by atoms with Crippen molar-refractivity contribution in [1.29, 1.82) is 0 Å².